The number of carbonyl (C=O) groups excluding carboxylic acids is 2. The minimum atomic E-state index is -0.268. The SMILES string of the molecule is CC(=O)NCCNC(=O)C1COCCN1. The lowest BCUT2D eigenvalue weighted by atomic mass is 10.2. The van der Waals surface area contributed by atoms with Gasteiger partial charge in [-0.05, 0) is 0 Å². The summed E-state index contributed by atoms with van der Waals surface area (Å²) in [5.41, 5.74) is 0. The molecule has 0 bridgehead atoms. The highest BCUT2D eigenvalue weighted by Crippen LogP contribution is 1.92. The van der Waals surface area contributed by atoms with E-state index >= 15 is 0 Å². The summed E-state index contributed by atoms with van der Waals surface area (Å²) in [6, 6.07) is -0.268. The normalized spacial score (nSPS) is 20.7. The van der Waals surface area contributed by atoms with Crippen LogP contribution in [-0.4, -0.2) is 50.7 Å². The molecule has 1 fully saturated rings. The van der Waals surface area contributed by atoms with Crippen LogP contribution in [-0.2, 0) is 14.3 Å². The summed E-state index contributed by atoms with van der Waals surface area (Å²) in [5, 5.41) is 8.35. The number of amides is 2. The Morgan fingerprint density at radius 2 is 2.13 bits per heavy atom. The van der Waals surface area contributed by atoms with Gasteiger partial charge in [-0.25, -0.2) is 0 Å². The molecule has 1 saturated heterocycles. The summed E-state index contributed by atoms with van der Waals surface area (Å²) < 4.78 is 5.15. The quantitative estimate of drug-likeness (QED) is 0.485. The Bertz CT molecular complexity index is 227. The first-order chi connectivity index (χ1) is 7.20. The molecule has 3 N–H and O–H groups in total. The van der Waals surface area contributed by atoms with Crippen LogP contribution >= 0.6 is 0 Å². The molecule has 0 radical (unpaired) electrons. The predicted octanol–water partition coefficient (Wildman–Crippen LogP) is -1.77. The van der Waals surface area contributed by atoms with Gasteiger partial charge in [0.25, 0.3) is 0 Å². The van der Waals surface area contributed by atoms with Crippen molar-refractivity contribution in [2.24, 2.45) is 0 Å². The second-order valence-electron chi connectivity index (χ2n) is 3.36. The number of nitrogens with one attached hydrogen (secondary N) is 3. The molecule has 0 aromatic carbocycles. The predicted molar refractivity (Wildman–Crippen MR) is 54.3 cm³/mol. The van der Waals surface area contributed by atoms with Crippen LogP contribution in [0, 0.1) is 0 Å². The zero-order chi connectivity index (χ0) is 11.1. The average molecular weight is 215 g/mol. The van der Waals surface area contributed by atoms with E-state index in [4.69, 9.17) is 4.74 Å². The molecule has 2 amide bonds. The van der Waals surface area contributed by atoms with Crippen molar-refractivity contribution in [1.82, 2.24) is 16.0 Å². The summed E-state index contributed by atoms with van der Waals surface area (Å²) >= 11 is 0. The van der Waals surface area contributed by atoms with Gasteiger partial charge < -0.3 is 20.7 Å². The maximum absolute atomic E-state index is 11.5. The van der Waals surface area contributed by atoms with E-state index in [0.717, 1.165) is 0 Å². The molecule has 0 aliphatic carbocycles. The van der Waals surface area contributed by atoms with Crippen molar-refractivity contribution in [1.29, 1.82) is 0 Å². The Hall–Kier alpha value is -1.14. The Morgan fingerprint density at radius 1 is 1.40 bits per heavy atom. The van der Waals surface area contributed by atoms with Crippen molar-refractivity contribution in [2.45, 2.75) is 13.0 Å². The van der Waals surface area contributed by atoms with E-state index in [1.54, 1.807) is 0 Å². The average Bonchev–Trinajstić information content (AvgIpc) is 2.25. The number of morpholine rings is 1. The van der Waals surface area contributed by atoms with E-state index in [2.05, 4.69) is 16.0 Å². The molecule has 1 aliphatic rings. The van der Waals surface area contributed by atoms with Gasteiger partial charge in [-0.2, -0.15) is 0 Å². The van der Waals surface area contributed by atoms with Crippen LogP contribution in [0.3, 0.4) is 0 Å². The fraction of sp³-hybridized carbons (Fsp3) is 0.778. The van der Waals surface area contributed by atoms with E-state index < -0.39 is 0 Å². The van der Waals surface area contributed by atoms with E-state index in [1.165, 1.54) is 6.92 Å². The fourth-order valence-corrected chi connectivity index (χ4v) is 1.28. The van der Waals surface area contributed by atoms with Crippen molar-refractivity contribution in [3.8, 4) is 0 Å². The number of hydrogen-bond acceptors (Lipinski definition) is 4. The largest absolute Gasteiger partial charge is 0.378 e. The molecule has 0 aromatic rings. The van der Waals surface area contributed by atoms with Crippen molar-refractivity contribution in [2.75, 3.05) is 32.8 Å². The molecule has 1 rings (SSSR count). The highest BCUT2D eigenvalue weighted by Gasteiger charge is 2.20. The topological polar surface area (TPSA) is 79.5 Å². The summed E-state index contributed by atoms with van der Waals surface area (Å²) in [7, 11) is 0. The second kappa shape index (κ2) is 6.36. The fourth-order valence-electron chi connectivity index (χ4n) is 1.28. The molecule has 1 aliphatic heterocycles. The van der Waals surface area contributed by atoms with Crippen LogP contribution in [0.1, 0.15) is 6.92 Å². The van der Waals surface area contributed by atoms with Crippen LogP contribution in [0.15, 0.2) is 0 Å². The Balaban J connectivity index is 2.09. The standard InChI is InChI=1S/C9H17N3O3/c1-7(13)10-2-3-12-9(14)8-6-15-5-4-11-8/h8,11H,2-6H2,1H3,(H,10,13)(H,12,14). The lowest BCUT2D eigenvalue weighted by Crippen LogP contribution is -2.52. The van der Waals surface area contributed by atoms with E-state index in [0.29, 0.717) is 32.8 Å². The van der Waals surface area contributed by atoms with Gasteiger partial charge in [-0.3, -0.25) is 9.59 Å². The Labute approximate surface area is 88.7 Å². The van der Waals surface area contributed by atoms with Crippen LogP contribution in [0.4, 0.5) is 0 Å². The van der Waals surface area contributed by atoms with Gasteiger partial charge in [0.05, 0.1) is 13.2 Å². The molecule has 1 atom stereocenters. The van der Waals surface area contributed by atoms with Crippen molar-refractivity contribution in [3.05, 3.63) is 0 Å². The molecule has 6 nitrogen and oxygen atoms in total. The molecule has 0 aromatic heterocycles. The van der Waals surface area contributed by atoms with E-state index in [1.807, 2.05) is 0 Å². The Morgan fingerprint density at radius 3 is 2.73 bits per heavy atom. The lowest BCUT2D eigenvalue weighted by Gasteiger charge is -2.22. The highest BCUT2D eigenvalue weighted by atomic mass is 16.5. The van der Waals surface area contributed by atoms with E-state index in [-0.39, 0.29) is 17.9 Å². The molecule has 1 heterocycles. The van der Waals surface area contributed by atoms with Crippen molar-refractivity contribution < 1.29 is 14.3 Å². The maximum Gasteiger partial charge on any atom is 0.239 e. The third kappa shape index (κ3) is 4.75. The molecule has 15 heavy (non-hydrogen) atoms. The first-order valence-electron chi connectivity index (χ1n) is 5.03. The van der Waals surface area contributed by atoms with E-state index in [9.17, 15) is 9.59 Å². The monoisotopic (exact) mass is 215 g/mol. The lowest BCUT2D eigenvalue weighted by molar-refractivity contribution is -0.126. The van der Waals surface area contributed by atoms with Crippen LogP contribution in [0.5, 0.6) is 0 Å². The first kappa shape index (κ1) is 11.9. The van der Waals surface area contributed by atoms with Crippen molar-refractivity contribution >= 4 is 11.8 Å². The van der Waals surface area contributed by atoms with Gasteiger partial charge in [0.15, 0.2) is 0 Å². The zero-order valence-corrected chi connectivity index (χ0v) is 8.84. The van der Waals surface area contributed by atoms with Crippen molar-refractivity contribution in [3.63, 3.8) is 0 Å². The first-order valence-corrected chi connectivity index (χ1v) is 5.03. The molecule has 6 heteroatoms. The third-order valence-corrected chi connectivity index (χ3v) is 2.04. The molecular weight excluding hydrogens is 198 g/mol. The second-order valence-corrected chi connectivity index (χ2v) is 3.36. The number of ether oxygens (including phenoxy) is 1. The number of rotatable bonds is 4. The van der Waals surface area contributed by atoms with Crippen LogP contribution in [0.25, 0.3) is 0 Å². The summed E-state index contributed by atoms with van der Waals surface area (Å²) in [6.07, 6.45) is 0. The van der Waals surface area contributed by atoms with Crippen LogP contribution < -0.4 is 16.0 Å². The molecule has 1 unspecified atom stereocenters. The van der Waals surface area contributed by atoms with Gasteiger partial charge in [0.2, 0.25) is 11.8 Å². The van der Waals surface area contributed by atoms with Gasteiger partial charge in [-0.1, -0.05) is 0 Å². The van der Waals surface area contributed by atoms with Gasteiger partial charge in [-0.15, -0.1) is 0 Å². The van der Waals surface area contributed by atoms with Gasteiger partial charge in [0.1, 0.15) is 6.04 Å². The minimum absolute atomic E-state index is 0.0833. The Kier molecular flexibility index (Phi) is 5.06. The minimum Gasteiger partial charge on any atom is -0.378 e. The molecule has 0 saturated carbocycles. The zero-order valence-electron chi connectivity index (χ0n) is 8.84. The third-order valence-electron chi connectivity index (χ3n) is 2.04. The maximum atomic E-state index is 11.5. The van der Waals surface area contributed by atoms with Crippen LogP contribution in [0.2, 0.25) is 0 Å². The summed E-state index contributed by atoms with van der Waals surface area (Å²) in [6.45, 7) is 4.09. The number of hydrogen-bond donors (Lipinski definition) is 3. The molecular formula is C9H17N3O3. The smallest absolute Gasteiger partial charge is 0.239 e. The summed E-state index contributed by atoms with van der Waals surface area (Å²) in [5.74, 6) is -0.177. The van der Waals surface area contributed by atoms with Gasteiger partial charge >= 0.3 is 0 Å². The summed E-state index contributed by atoms with van der Waals surface area (Å²) in [4.78, 5) is 22.0. The molecule has 0 spiro atoms. The van der Waals surface area contributed by atoms with Gasteiger partial charge in [0, 0.05) is 26.6 Å². The molecule has 86 valence electrons. The number of carbonyl (C=O) groups is 2. The highest BCUT2D eigenvalue weighted by molar-refractivity contribution is 5.82.